The van der Waals surface area contributed by atoms with E-state index in [9.17, 15) is 9.46 Å². The fraction of sp³-hybridized carbons (Fsp3) is 0.250. The van der Waals surface area contributed by atoms with E-state index in [-0.39, 0.29) is 6.16 Å². The minimum atomic E-state index is -3.33. The molecule has 0 spiro atoms. The minimum Gasteiger partial charge on any atom is -0.341 e. The Bertz CT molecular complexity index is 591. The predicted octanol–water partition coefficient (Wildman–Crippen LogP) is 3.91. The zero-order valence-corrected chi connectivity index (χ0v) is 12.2. The maximum atomic E-state index is 12.5. The van der Waals surface area contributed by atoms with Gasteiger partial charge in [-0.1, -0.05) is 56.3 Å². The molecule has 0 saturated carbocycles. The summed E-state index contributed by atoms with van der Waals surface area (Å²) in [7, 11) is -3.33. The third-order valence-corrected chi connectivity index (χ3v) is 5.10. The zero-order valence-electron chi connectivity index (χ0n) is 11.3. The molecule has 3 heteroatoms. The van der Waals surface area contributed by atoms with Crippen LogP contribution in [-0.2, 0) is 10.7 Å². The molecule has 2 aromatic rings. The number of hydrogen-bond donors (Lipinski definition) is 1. The molecule has 2 rings (SSSR count). The molecule has 0 aromatic heterocycles. The minimum absolute atomic E-state index is 0.200. The third-order valence-electron chi connectivity index (χ3n) is 3.22. The first-order valence-corrected chi connectivity index (χ1v) is 8.30. The summed E-state index contributed by atoms with van der Waals surface area (Å²) in [5.74, 6) is 0.354. The second kappa shape index (κ2) is 5.73. The van der Waals surface area contributed by atoms with Gasteiger partial charge in [0.25, 0.3) is 0 Å². The molecule has 0 amide bonds. The molecular weight excluding hydrogens is 255 g/mol. The molecule has 0 aliphatic rings. The van der Waals surface area contributed by atoms with Crippen molar-refractivity contribution in [3.05, 3.63) is 65.7 Å². The van der Waals surface area contributed by atoms with Gasteiger partial charge in [0.1, 0.15) is 0 Å². The molecule has 0 radical (unpaired) electrons. The van der Waals surface area contributed by atoms with E-state index in [2.05, 4.69) is 13.8 Å². The lowest BCUT2D eigenvalue weighted by atomic mass is 9.98. The van der Waals surface area contributed by atoms with Gasteiger partial charge in [0.15, 0.2) is 0 Å². The Labute approximate surface area is 114 Å². The summed E-state index contributed by atoms with van der Waals surface area (Å²) in [6, 6.07) is 16.8. The quantitative estimate of drug-likeness (QED) is 0.858. The van der Waals surface area contributed by atoms with Crippen molar-refractivity contribution in [2.75, 3.05) is 0 Å². The van der Waals surface area contributed by atoms with Gasteiger partial charge in [0.2, 0.25) is 7.37 Å². The van der Waals surface area contributed by atoms with Gasteiger partial charge >= 0.3 is 0 Å². The smallest absolute Gasteiger partial charge is 0.233 e. The molecule has 100 valence electrons. The molecular formula is C16H19O2P. The highest BCUT2D eigenvalue weighted by Crippen LogP contribution is 2.44. The number of rotatable bonds is 4. The Morgan fingerprint density at radius 2 is 1.58 bits per heavy atom. The van der Waals surface area contributed by atoms with E-state index in [0.29, 0.717) is 11.2 Å². The molecule has 0 bridgehead atoms. The van der Waals surface area contributed by atoms with Crippen molar-refractivity contribution >= 4 is 12.7 Å². The van der Waals surface area contributed by atoms with Gasteiger partial charge in [-0.2, -0.15) is 0 Å². The van der Waals surface area contributed by atoms with Crippen molar-refractivity contribution < 1.29 is 9.46 Å². The number of benzene rings is 2. The topological polar surface area (TPSA) is 37.3 Å². The molecule has 0 heterocycles. The van der Waals surface area contributed by atoms with Crippen LogP contribution < -0.4 is 5.30 Å². The Balaban J connectivity index is 2.34. The van der Waals surface area contributed by atoms with Gasteiger partial charge in [-0.15, -0.1) is 0 Å². The summed E-state index contributed by atoms with van der Waals surface area (Å²) in [4.78, 5) is 10.3. The van der Waals surface area contributed by atoms with Gasteiger partial charge in [0, 0.05) is 5.30 Å². The summed E-state index contributed by atoms with van der Waals surface area (Å²) in [5, 5.41) is 0.522. The Hall–Kier alpha value is -1.37. The van der Waals surface area contributed by atoms with E-state index >= 15 is 0 Å². The lowest BCUT2D eigenvalue weighted by Gasteiger charge is -2.16. The second-order valence-electron chi connectivity index (χ2n) is 5.05. The van der Waals surface area contributed by atoms with Crippen molar-refractivity contribution in [1.29, 1.82) is 0 Å². The van der Waals surface area contributed by atoms with Crippen LogP contribution >= 0.6 is 7.37 Å². The van der Waals surface area contributed by atoms with Crippen molar-refractivity contribution in [3.63, 3.8) is 0 Å². The summed E-state index contributed by atoms with van der Waals surface area (Å²) < 4.78 is 12.5. The highest BCUT2D eigenvalue weighted by molar-refractivity contribution is 7.65. The van der Waals surface area contributed by atoms with E-state index in [1.54, 1.807) is 24.3 Å². The summed E-state index contributed by atoms with van der Waals surface area (Å²) in [6.45, 7) is 4.20. The Morgan fingerprint density at radius 1 is 1.00 bits per heavy atom. The lowest BCUT2D eigenvalue weighted by molar-refractivity contribution is 0.488. The largest absolute Gasteiger partial charge is 0.341 e. The molecule has 0 fully saturated rings. The molecule has 2 aromatic carbocycles. The van der Waals surface area contributed by atoms with Crippen LogP contribution in [0.25, 0.3) is 0 Å². The molecule has 2 nitrogen and oxygen atoms in total. The summed E-state index contributed by atoms with van der Waals surface area (Å²) >= 11 is 0. The van der Waals surface area contributed by atoms with Crippen LogP contribution in [0.1, 0.15) is 30.9 Å². The average Bonchev–Trinajstić information content (AvgIpc) is 2.39. The fourth-order valence-electron chi connectivity index (χ4n) is 2.22. The monoisotopic (exact) mass is 274 g/mol. The van der Waals surface area contributed by atoms with Crippen LogP contribution in [0.5, 0.6) is 0 Å². The molecule has 1 N–H and O–H groups in total. The predicted molar refractivity (Wildman–Crippen MR) is 80.1 cm³/mol. The lowest BCUT2D eigenvalue weighted by Crippen LogP contribution is -2.07. The van der Waals surface area contributed by atoms with Crippen molar-refractivity contribution in [1.82, 2.24) is 0 Å². The van der Waals surface area contributed by atoms with Gasteiger partial charge in [0.05, 0.1) is 6.16 Å². The van der Waals surface area contributed by atoms with Gasteiger partial charge in [-0.3, -0.25) is 4.57 Å². The average molecular weight is 274 g/mol. The fourth-order valence-corrected chi connectivity index (χ4v) is 3.79. The first kappa shape index (κ1) is 14.0. The standard InChI is InChI=1S/C16H19O2P/c1-13(2)16-11-7-6-8-14(16)12-19(17,18)15-9-4-3-5-10-15/h3-11,13H,12H2,1-2H3,(H,17,18). The second-order valence-corrected chi connectivity index (χ2v) is 7.28. The van der Waals surface area contributed by atoms with E-state index in [4.69, 9.17) is 0 Å². The van der Waals surface area contributed by atoms with Crippen LogP contribution in [-0.4, -0.2) is 4.89 Å². The highest BCUT2D eigenvalue weighted by atomic mass is 31.2. The maximum Gasteiger partial charge on any atom is 0.233 e. The van der Waals surface area contributed by atoms with Crippen molar-refractivity contribution in [2.24, 2.45) is 0 Å². The van der Waals surface area contributed by atoms with Gasteiger partial charge in [-0.25, -0.2) is 0 Å². The van der Waals surface area contributed by atoms with Crippen molar-refractivity contribution in [2.45, 2.75) is 25.9 Å². The van der Waals surface area contributed by atoms with Crippen LogP contribution in [0.2, 0.25) is 0 Å². The molecule has 0 saturated heterocycles. The molecule has 19 heavy (non-hydrogen) atoms. The Morgan fingerprint density at radius 3 is 2.21 bits per heavy atom. The van der Waals surface area contributed by atoms with Crippen molar-refractivity contribution in [3.8, 4) is 0 Å². The highest BCUT2D eigenvalue weighted by Gasteiger charge is 2.23. The van der Waals surface area contributed by atoms with Gasteiger partial charge < -0.3 is 4.89 Å². The third kappa shape index (κ3) is 3.34. The first-order valence-electron chi connectivity index (χ1n) is 6.46. The molecule has 1 atom stereocenters. The van der Waals surface area contributed by atoms with E-state index < -0.39 is 7.37 Å². The zero-order chi connectivity index (χ0) is 13.9. The number of hydrogen-bond acceptors (Lipinski definition) is 1. The molecule has 0 aliphatic heterocycles. The van der Waals surface area contributed by atoms with Crippen LogP contribution in [0.15, 0.2) is 54.6 Å². The molecule has 1 unspecified atom stereocenters. The normalized spacial score (nSPS) is 14.3. The van der Waals surface area contributed by atoms with Crippen LogP contribution in [0, 0.1) is 0 Å². The summed E-state index contributed by atoms with van der Waals surface area (Å²) in [6.07, 6.45) is 0.200. The summed E-state index contributed by atoms with van der Waals surface area (Å²) in [5.41, 5.74) is 2.11. The van der Waals surface area contributed by atoms with Crippen LogP contribution in [0.4, 0.5) is 0 Å². The first-order chi connectivity index (χ1) is 9.00. The van der Waals surface area contributed by atoms with E-state index in [1.165, 1.54) is 0 Å². The molecule has 0 aliphatic carbocycles. The van der Waals surface area contributed by atoms with E-state index in [1.807, 2.05) is 30.3 Å². The maximum absolute atomic E-state index is 12.5. The van der Waals surface area contributed by atoms with Crippen LogP contribution in [0.3, 0.4) is 0 Å². The Kier molecular flexibility index (Phi) is 4.24. The van der Waals surface area contributed by atoms with E-state index in [0.717, 1.165) is 11.1 Å². The SMILES string of the molecule is CC(C)c1ccccc1CP(=O)(O)c1ccccc1. The van der Waals surface area contributed by atoms with Gasteiger partial charge in [-0.05, 0) is 29.2 Å².